The zero-order valence-corrected chi connectivity index (χ0v) is 8.72. The van der Waals surface area contributed by atoms with Crippen LogP contribution in [0.1, 0.15) is 18.2 Å². The van der Waals surface area contributed by atoms with E-state index in [2.05, 4.69) is 0 Å². The highest BCUT2D eigenvalue weighted by molar-refractivity contribution is 6.30. The minimum absolute atomic E-state index is 0.290. The first-order chi connectivity index (χ1) is 6.69. The molecule has 0 aliphatic carbocycles. The lowest BCUT2D eigenvalue weighted by Gasteiger charge is -2.12. The van der Waals surface area contributed by atoms with Crippen molar-refractivity contribution >= 4 is 11.6 Å². The van der Waals surface area contributed by atoms with Crippen molar-refractivity contribution in [3.8, 4) is 5.75 Å². The lowest BCUT2D eigenvalue weighted by Crippen LogP contribution is -2.04. The van der Waals surface area contributed by atoms with Crippen molar-refractivity contribution in [3.63, 3.8) is 0 Å². The van der Waals surface area contributed by atoms with Gasteiger partial charge in [-0.1, -0.05) is 17.7 Å². The molecule has 0 aromatic heterocycles. The van der Waals surface area contributed by atoms with Crippen LogP contribution in [0.25, 0.3) is 0 Å². The highest BCUT2D eigenvalue weighted by Crippen LogP contribution is 2.31. The van der Waals surface area contributed by atoms with E-state index < -0.39 is 6.17 Å². The molecule has 0 amide bonds. The summed E-state index contributed by atoms with van der Waals surface area (Å²) in [6.07, 6.45) is -0.801. The van der Waals surface area contributed by atoms with E-state index in [0.717, 1.165) is 0 Å². The summed E-state index contributed by atoms with van der Waals surface area (Å²) in [5.41, 5.74) is 5.78. The van der Waals surface area contributed by atoms with Gasteiger partial charge in [-0.25, -0.2) is 4.39 Å². The minimum Gasteiger partial charge on any atom is -0.496 e. The molecule has 0 spiro atoms. The summed E-state index contributed by atoms with van der Waals surface area (Å²) in [5, 5.41) is 0.533. The summed E-state index contributed by atoms with van der Waals surface area (Å²) in [4.78, 5) is 0. The van der Waals surface area contributed by atoms with E-state index in [1.54, 1.807) is 18.2 Å². The van der Waals surface area contributed by atoms with Crippen LogP contribution in [0.15, 0.2) is 18.2 Å². The second kappa shape index (κ2) is 5.17. The highest BCUT2D eigenvalue weighted by Gasteiger charge is 2.14. The summed E-state index contributed by atoms with van der Waals surface area (Å²) in [6, 6.07) is 4.87. The number of hydrogen-bond donors (Lipinski definition) is 1. The number of alkyl halides is 1. The van der Waals surface area contributed by atoms with E-state index >= 15 is 0 Å². The van der Waals surface area contributed by atoms with Crippen molar-refractivity contribution in [1.29, 1.82) is 0 Å². The molecule has 0 aliphatic heterocycles. The van der Waals surface area contributed by atoms with Gasteiger partial charge in [0.25, 0.3) is 0 Å². The van der Waals surface area contributed by atoms with Crippen molar-refractivity contribution in [3.05, 3.63) is 28.8 Å². The number of ether oxygens (including phenoxy) is 1. The number of methoxy groups -OCH3 is 1. The van der Waals surface area contributed by atoms with Crippen LogP contribution in [0.3, 0.4) is 0 Å². The van der Waals surface area contributed by atoms with Crippen LogP contribution in [-0.2, 0) is 0 Å². The Labute approximate surface area is 87.8 Å². The zero-order chi connectivity index (χ0) is 10.6. The summed E-state index contributed by atoms with van der Waals surface area (Å²) in [5.74, 6) is 0.471. The van der Waals surface area contributed by atoms with Gasteiger partial charge in [-0.15, -0.1) is 0 Å². The van der Waals surface area contributed by atoms with Crippen LogP contribution in [0.2, 0.25) is 5.02 Å². The van der Waals surface area contributed by atoms with Gasteiger partial charge in [0.2, 0.25) is 0 Å². The monoisotopic (exact) mass is 217 g/mol. The van der Waals surface area contributed by atoms with Gasteiger partial charge in [0.1, 0.15) is 11.9 Å². The van der Waals surface area contributed by atoms with Crippen LogP contribution in [0.4, 0.5) is 4.39 Å². The van der Waals surface area contributed by atoms with Crippen molar-refractivity contribution in [1.82, 2.24) is 0 Å². The summed E-state index contributed by atoms with van der Waals surface area (Å²) >= 11 is 5.75. The fourth-order valence-corrected chi connectivity index (χ4v) is 1.41. The maximum absolute atomic E-state index is 13.5. The van der Waals surface area contributed by atoms with Gasteiger partial charge >= 0.3 is 0 Å². The second-order valence-corrected chi connectivity index (χ2v) is 3.37. The second-order valence-electron chi connectivity index (χ2n) is 2.93. The van der Waals surface area contributed by atoms with Crippen LogP contribution < -0.4 is 10.5 Å². The molecule has 1 aromatic carbocycles. The molecule has 14 heavy (non-hydrogen) atoms. The van der Waals surface area contributed by atoms with Crippen LogP contribution >= 0.6 is 11.6 Å². The minimum atomic E-state index is -1.09. The first-order valence-electron chi connectivity index (χ1n) is 4.36. The number of nitrogens with two attached hydrogens (primary N) is 1. The van der Waals surface area contributed by atoms with Gasteiger partial charge in [0.05, 0.1) is 7.11 Å². The fraction of sp³-hybridized carbons (Fsp3) is 0.400. The molecule has 4 heteroatoms. The molecule has 2 nitrogen and oxygen atoms in total. The first kappa shape index (κ1) is 11.3. The predicted molar refractivity (Wildman–Crippen MR) is 55.5 cm³/mol. The quantitative estimate of drug-likeness (QED) is 0.842. The molecule has 0 heterocycles. The molecular weight excluding hydrogens is 205 g/mol. The first-order valence-corrected chi connectivity index (χ1v) is 4.74. The molecular formula is C10H13ClFNO. The lowest BCUT2D eigenvalue weighted by atomic mass is 10.1. The van der Waals surface area contributed by atoms with Gasteiger partial charge in [-0.2, -0.15) is 0 Å². The fourth-order valence-electron chi connectivity index (χ4n) is 1.25. The number of halogens is 2. The standard InChI is InChI=1S/C10H13ClFNO/c1-14-10-6-7(11)2-3-8(10)9(12)4-5-13/h2-3,6,9H,4-5,13H2,1H3. The number of hydrogen-bond acceptors (Lipinski definition) is 2. The highest BCUT2D eigenvalue weighted by atomic mass is 35.5. The Hall–Kier alpha value is -0.800. The van der Waals surface area contributed by atoms with E-state index in [4.69, 9.17) is 22.1 Å². The normalized spacial score (nSPS) is 12.6. The molecule has 0 fully saturated rings. The zero-order valence-electron chi connectivity index (χ0n) is 7.97. The molecule has 1 atom stereocenters. The summed E-state index contributed by atoms with van der Waals surface area (Å²) in [6.45, 7) is 0.312. The van der Waals surface area contributed by atoms with Gasteiger partial charge in [-0.05, 0) is 25.1 Å². The van der Waals surface area contributed by atoms with Crippen LogP contribution in [-0.4, -0.2) is 13.7 Å². The third-order valence-electron chi connectivity index (χ3n) is 1.95. The third-order valence-corrected chi connectivity index (χ3v) is 2.19. The van der Waals surface area contributed by atoms with Gasteiger partial charge < -0.3 is 10.5 Å². The topological polar surface area (TPSA) is 35.2 Å². The molecule has 2 N–H and O–H groups in total. The van der Waals surface area contributed by atoms with E-state index in [1.807, 2.05) is 0 Å². The molecule has 0 aliphatic rings. The van der Waals surface area contributed by atoms with Crippen LogP contribution in [0.5, 0.6) is 5.75 Å². The molecule has 0 saturated carbocycles. The van der Waals surface area contributed by atoms with Gasteiger partial charge in [0, 0.05) is 10.6 Å². The maximum atomic E-state index is 13.5. The molecule has 0 bridgehead atoms. The summed E-state index contributed by atoms with van der Waals surface area (Å²) < 4.78 is 18.5. The molecule has 78 valence electrons. The molecule has 0 radical (unpaired) electrons. The maximum Gasteiger partial charge on any atom is 0.130 e. The lowest BCUT2D eigenvalue weighted by molar-refractivity contribution is 0.311. The molecule has 0 saturated heterocycles. The van der Waals surface area contributed by atoms with E-state index in [0.29, 0.717) is 22.9 Å². The van der Waals surface area contributed by atoms with Gasteiger partial charge in [0.15, 0.2) is 0 Å². The Bertz CT molecular complexity index is 306. The van der Waals surface area contributed by atoms with Crippen molar-refractivity contribution in [2.75, 3.05) is 13.7 Å². The third kappa shape index (κ3) is 2.59. The Morgan fingerprint density at radius 3 is 2.86 bits per heavy atom. The van der Waals surface area contributed by atoms with Crippen molar-refractivity contribution < 1.29 is 9.13 Å². The summed E-state index contributed by atoms with van der Waals surface area (Å²) in [7, 11) is 1.49. The Kier molecular flexibility index (Phi) is 4.17. The SMILES string of the molecule is COc1cc(Cl)ccc1C(F)CCN. The molecule has 1 unspecified atom stereocenters. The Balaban J connectivity index is 2.95. The average molecular weight is 218 g/mol. The largest absolute Gasteiger partial charge is 0.496 e. The predicted octanol–water partition coefficient (Wildman–Crippen LogP) is 2.71. The van der Waals surface area contributed by atoms with E-state index in [9.17, 15) is 4.39 Å². The smallest absolute Gasteiger partial charge is 0.130 e. The molecule has 1 rings (SSSR count). The van der Waals surface area contributed by atoms with Crippen molar-refractivity contribution in [2.24, 2.45) is 5.73 Å². The molecule has 1 aromatic rings. The Morgan fingerprint density at radius 1 is 1.57 bits per heavy atom. The Morgan fingerprint density at radius 2 is 2.29 bits per heavy atom. The number of rotatable bonds is 4. The van der Waals surface area contributed by atoms with E-state index in [1.165, 1.54) is 7.11 Å². The number of benzene rings is 1. The van der Waals surface area contributed by atoms with Gasteiger partial charge in [-0.3, -0.25) is 0 Å². The average Bonchev–Trinajstić information content (AvgIpc) is 2.17. The van der Waals surface area contributed by atoms with E-state index in [-0.39, 0.29) is 6.42 Å². The van der Waals surface area contributed by atoms with Crippen LogP contribution in [0, 0.1) is 0 Å². The van der Waals surface area contributed by atoms with Crippen molar-refractivity contribution in [2.45, 2.75) is 12.6 Å².